The zero-order valence-electron chi connectivity index (χ0n) is 11.3. The van der Waals surface area contributed by atoms with Crippen LogP contribution in [0, 0.1) is 5.92 Å². The lowest BCUT2D eigenvalue weighted by Crippen LogP contribution is -2.26. The summed E-state index contributed by atoms with van der Waals surface area (Å²) in [5.74, 6) is 1.99. The molecule has 2 unspecified atom stereocenters. The van der Waals surface area contributed by atoms with Gasteiger partial charge in [-0.1, -0.05) is 6.92 Å². The van der Waals surface area contributed by atoms with Crippen LogP contribution in [-0.2, 0) is 6.54 Å². The molecule has 0 saturated heterocycles. The minimum absolute atomic E-state index is 0.578. The Labute approximate surface area is 108 Å². The van der Waals surface area contributed by atoms with Crippen molar-refractivity contribution in [2.24, 2.45) is 5.92 Å². The van der Waals surface area contributed by atoms with Crippen molar-refractivity contribution < 1.29 is 9.47 Å². The molecule has 1 aliphatic rings. The van der Waals surface area contributed by atoms with E-state index in [1.54, 1.807) is 14.2 Å². The highest BCUT2D eigenvalue weighted by Gasteiger charge is 2.22. The van der Waals surface area contributed by atoms with Gasteiger partial charge < -0.3 is 14.8 Å². The quantitative estimate of drug-likeness (QED) is 0.864. The summed E-state index contributed by atoms with van der Waals surface area (Å²) in [5.41, 5.74) is 0.891. The van der Waals surface area contributed by atoms with Gasteiger partial charge in [0.05, 0.1) is 19.8 Å². The van der Waals surface area contributed by atoms with Gasteiger partial charge in [-0.05, 0) is 25.2 Å². The van der Waals surface area contributed by atoms with Crippen molar-refractivity contribution in [2.45, 2.75) is 38.8 Å². The number of nitrogens with one attached hydrogen (secondary N) is 1. The van der Waals surface area contributed by atoms with E-state index in [4.69, 9.17) is 9.47 Å². The van der Waals surface area contributed by atoms with Crippen LogP contribution >= 0.6 is 0 Å². The summed E-state index contributed by atoms with van der Waals surface area (Å²) in [6, 6.07) is 0.578. The first-order valence-electron chi connectivity index (χ1n) is 6.39. The van der Waals surface area contributed by atoms with Crippen molar-refractivity contribution in [1.29, 1.82) is 0 Å². The van der Waals surface area contributed by atoms with E-state index in [1.165, 1.54) is 25.6 Å². The second-order valence-electron chi connectivity index (χ2n) is 4.87. The van der Waals surface area contributed by atoms with Crippen LogP contribution in [0.1, 0.15) is 31.7 Å². The number of hydrogen-bond acceptors (Lipinski definition) is 5. The van der Waals surface area contributed by atoms with Crippen molar-refractivity contribution in [3.8, 4) is 11.8 Å². The summed E-state index contributed by atoms with van der Waals surface area (Å²) in [6.07, 6.45) is 5.23. The second kappa shape index (κ2) is 6.00. The zero-order chi connectivity index (χ0) is 13.0. The van der Waals surface area contributed by atoms with E-state index in [0.29, 0.717) is 24.3 Å². The molecule has 1 aromatic heterocycles. The maximum atomic E-state index is 5.25. The smallest absolute Gasteiger partial charge is 0.224 e. The van der Waals surface area contributed by atoms with E-state index in [9.17, 15) is 0 Å². The molecule has 0 aromatic carbocycles. The van der Waals surface area contributed by atoms with Crippen LogP contribution < -0.4 is 14.8 Å². The molecule has 1 fully saturated rings. The van der Waals surface area contributed by atoms with Crippen molar-refractivity contribution in [3.05, 3.63) is 11.9 Å². The Morgan fingerprint density at radius 2 is 1.89 bits per heavy atom. The number of rotatable bonds is 5. The molecule has 2 rings (SSSR count). The number of nitrogens with zero attached hydrogens (tertiary/aromatic N) is 2. The van der Waals surface area contributed by atoms with Crippen molar-refractivity contribution in [2.75, 3.05) is 14.2 Å². The monoisotopic (exact) mass is 251 g/mol. The highest BCUT2D eigenvalue weighted by molar-refractivity contribution is 5.34. The van der Waals surface area contributed by atoms with Crippen LogP contribution in [-0.4, -0.2) is 30.2 Å². The molecular weight excluding hydrogens is 230 g/mol. The molecule has 0 spiro atoms. The van der Waals surface area contributed by atoms with Gasteiger partial charge in [-0.2, -0.15) is 0 Å². The molecule has 1 aliphatic carbocycles. The van der Waals surface area contributed by atoms with E-state index in [-0.39, 0.29) is 0 Å². The van der Waals surface area contributed by atoms with E-state index in [0.717, 1.165) is 11.5 Å². The Morgan fingerprint density at radius 3 is 2.39 bits per heavy atom. The molecule has 2 atom stereocenters. The maximum Gasteiger partial charge on any atom is 0.224 e. The minimum Gasteiger partial charge on any atom is -0.481 e. The fourth-order valence-corrected chi connectivity index (χ4v) is 2.52. The topological polar surface area (TPSA) is 56.3 Å². The number of methoxy groups -OCH3 is 2. The Hall–Kier alpha value is -1.36. The van der Waals surface area contributed by atoms with Gasteiger partial charge in [-0.3, -0.25) is 0 Å². The van der Waals surface area contributed by atoms with Crippen molar-refractivity contribution in [1.82, 2.24) is 15.3 Å². The molecule has 1 saturated carbocycles. The van der Waals surface area contributed by atoms with Crippen LogP contribution in [0.2, 0.25) is 0 Å². The third-order valence-corrected chi connectivity index (χ3v) is 3.52. The molecule has 0 radical (unpaired) electrons. The molecule has 5 heteroatoms. The first-order valence-corrected chi connectivity index (χ1v) is 6.39. The fourth-order valence-electron chi connectivity index (χ4n) is 2.52. The summed E-state index contributed by atoms with van der Waals surface area (Å²) in [6.45, 7) is 2.99. The molecule has 1 aromatic rings. The van der Waals surface area contributed by atoms with Crippen LogP contribution in [0.4, 0.5) is 0 Å². The highest BCUT2D eigenvalue weighted by atomic mass is 16.5. The standard InChI is InChI=1S/C13H21N3O2/c1-9-4-5-10(6-9)14-7-11-12(17-2)15-8-16-13(11)18-3/h8-10,14H,4-7H2,1-3H3. The van der Waals surface area contributed by atoms with Gasteiger partial charge in [0.2, 0.25) is 11.8 Å². The van der Waals surface area contributed by atoms with Crippen LogP contribution in [0.3, 0.4) is 0 Å². The van der Waals surface area contributed by atoms with E-state index in [2.05, 4.69) is 22.2 Å². The van der Waals surface area contributed by atoms with Crippen LogP contribution in [0.5, 0.6) is 11.8 Å². The lowest BCUT2D eigenvalue weighted by Gasteiger charge is -2.15. The Bertz CT molecular complexity index is 376. The average molecular weight is 251 g/mol. The highest BCUT2D eigenvalue weighted by Crippen LogP contribution is 2.27. The lowest BCUT2D eigenvalue weighted by molar-refractivity contribution is 0.356. The van der Waals surface area contributed by atoms with Gasteiger partial charge in [0.1, 0.15) is 6.33 Å². The van der Waals surface area contributed by atoms with Crippen LogP contribution in [0.15, 0.2) is 6.33 Å². The summed E-state index contributed by atoms with van der Waals surface area (Å²) in [5, 5.41) is 3.54. The fraction of sp³-hybridized carbons (Fsp3) is 0.692. The average Bonchev–Trinajstić information content (AvgIpc) is 2.81. The first-order chi connectivity index (χ1) is 8.74. The number of aromatic nitrogens is 2. The molecule has 0 bridgehead atoms. The summed E-state index contributed by atoms with van der Waals surface area (Å²) in [7, 11) is 3.23. The van der Waals surface area contributed by atoms with Gasteiger partial charge in [0.15, 0.2) is 0 Å². The predicted molar refractivity (Wildman–Crippen MR) is 68.8 cm³/mol. The molecule has 18 heavy (non-hydrogen) atoms. The SMILES string of the molecule is COc1ncnc(OC)c1CNC1CCC(C)C1. The minimum atomic E-state index is 0.578. The van der Waals surface area contributed by atoms with E-state index in [1.807, 2.05) is 0 Å². The first kappa shape index (κ1) is 13.1. The Balaban J connectivity index is 2.03. The molecule has 0 aliphatic heterocycles. The lowest BCUT2D eigenvalue weighted by atomic mass is 10.1. The molecular formula is C13H21N3O2. The molecule has 5 nitrogen and oxygen atoms in total. The van der Waals surface area contributed by atoms with E-state index < -0.39 is 0 Å². The molecule has 0 amide bonds. The van der Waals surface area contributed by atoms with Gasteiger partial charge in [-0.15, -0.1) is 0 Å². The second-order valence-corrected chi connectivity index (χ2v) is 4.87. The predicted octanol–water partition coefficient (Wildman–Crippen LogP) is 1.77. The maximum absolute atomic E-state index is 5.25. The third-order valence-electron chi connectivity index (χ3n) is 3.52. The molecule has 100 valence electrons. The van der Waals surface area contributed by atoms with Crippen molar-refractivity contribution >= 4 is 0 Å². The Kier molecular flexibility index (Phi) is 4.36. The molecule has 1 heterocycles. The normalized spacial score (nSPS) is 23.1. The van der Waals surface area contributed by atoms with Crippen molar-refractivity contribution in [3.63, 3.8) is 0 Å². The summed E-state index contributed by atoms with van der Waals surface area (Å²) in [4.78, 5) is 8.23. The molecule has 1 N–H and O–H groups in total. The van der Waals surface area contributed by atoms with Gasteiger partial charge in [-0.25, -0.2) is 9.97 Å². The van der Waals surface area contributed by atoms with Crippen LogP contribution in [0.25, 0.3) is 0 Å². The Morgan fingerprint density at radius 1 is 1.22 bits per heavy atom. The van der Waals surface area contributed by atoms with Gasteiger partial charge in [0.25, 0.3) is 0 Å². The van der Waals surface area contributed by atoms with Gasteiger partial charge in [0, 0.05) is 12.6 Å². The third kappa shape index (κ3) is 2.90. The van der Waals surface area contributed by atoms with E-state index >= 15 is 0 Å². The summed E-state index contributed by atoms with van der Waals surface area (Å²) >= 11 is 0. The number of hydrogen-bond donors (Lipinski definition) is 1. The van der Waals surface area contributed by atoms with Gasteiger partial charge >= 0.3 is 0 Å². The summed E-state index contributed by atoms with van der Waals surface area (Å²) < 4.78 is 10.5. The zero-order valence-corrected chi connectivity index (χ0v) is 11.3. The number of ether oxygens (including phenoxy) is 2. The largest absolute Gasteiger partial charge is 0.481 e.